The van der Waals surface area contributed by atoms with Crippen LogP contribution >= 0.6 is 0 Å². The van der Waals surface area contributed by atoms with Crippen molar-refractivity contribution in [2.45, 2.75) is 38.6 Å². The first-order valence-corrected chi connectivity index (χ1v) is 10.0. The van der Waals surface area contributed by atoms with E-state index in [4.69, 9.17) is 0 Å². The Hall–Kier alpha value is -2.28. The molecule has 0 aromatic carbocycles. The number of carbonyl (C=O) groups excluding carboxylic acids is 1. The second-order valence-electron chi connectivity index (χ2n) is 7.87. The number of nitrogens with zero attached hydrogens (tertiary/aromatic N) is 5. The Labute approximate surface area is 160 Å². The van der Waals surface area contributed by atoms with E-state index in [0.29, 0.717) is 18.2 Å². The van der Waals surface area contributed by atoms with Crippen LogP contribution in [0, 0.1) is 5.92 Å². The number of pyridine rings is 1. The number of rotatable bonds is 4. The van der Waals surface area contributed by atoms with Crippen molar-refractivity contribution in [2.24, 2.45) is 5.92 Å². The first kappa shape index (κ1) is 18.1. The molecule has 7 nitrogen and oxygen atoms in total. The minimum absolute atomic E-state index is 0.168. The van der Waals surface area contributed by atoms with Crippen LogP contribution in [0.25, 0.3) is 11.2 Å². The molecule has 144 valence electrons. The molecular weight excluding hydrogens is 340 g/mol. The van der Waals surface area contributed by atoms with Gasteiger partial charge in [0.25, 0.3) is 0 Å². The third-order valence-corrected chi connectivity index (χ3v) is 5.68. The maximum Gasteiger partial charge on any atom is 0.234 e. The van der Waals surface area contributed by atoms with Gasteiger partial charge in [0.2, 0.25) is 5.91 Å². The standard InChI is InChI=1S/C20H28N6O/c1-15-3-2-4-16(13-15)23-19(27)14-25-9-11-26(12-10-25)18-6-5-17-20(24-18)22-8-7-21-17/h5-8,15-16H,2-4,9-14H2,1H3,(H,23,27). The van der Waals surface area contributed by atoms with E-state index in [1.165, 1.54) is 12.8 Å². The Morgan fingerprint density at radius 3 is 2.78 bits per heavy atom. The molecule has 3 heterocycles. The number of anilines is 1. The molecule has 0 spiro atoms. The smallest absolute Gasteiger partial charge is 0.234 e. The van der Waals surface area contributed by atoms with E-state index in [0.717, 1.165) is 56.3 Å². The molecule has 2 aromatic heterocycles. The maximum absolute atomic E-state index is 12.4. The second kappa shape index (κ2) is 8.17. The molecule has 1 N–H and O–H groups in total. The van der Waals surface area contributed by atoms with Gasteiger partial charge >= 0.3 is 0 Å². The summed E-state index contributed by atoms with van der Waals surface area (Å²) in [5.74, 6) is 1.83. The SMILES string of the molecule is CC1CCCC(NC(=O)CN2CCN(c3ccc4nccnc4n3)CC2)C1. The van der Waals surface area contributed by atoms with Crippen molar-refractivity contribution in [1.29, 1.82) is 0 Å². The molecule has 27 heavy (non-hydrogen) atoms. The molecular formula is C20H28N6O. The van der Waals surface area contributed by atoms with Crippen LogP contribution in [0.15, 0.2) is 24.5 Å². The molecule has 2 fully saturated rings. The lowest BCUT2D eigenvalue weighted by Crippen LogP contribution is -2.51. The van der Waals surface area contributed by atoms with E-state index < -0.39 is 0 Å². The van der Waals surface area contributed by atoms with Crippen LogP contribution in [-0.4, -0.2) is 64.5 Å². The van der Waals surface area contributed by atoms with E-state index in [9.17, 15) is 4.79 Å². The van der Waals surface area contributed by atoms with Gasteiger partial charge in [-0.05, 0) is 30.9 Å². The van der Waals surface area contributed by atoms with Gasteiger partial charge in [-0.15, -0.1) is 0 Å². The average Bonchev–Trinajstić information content (AvgIpc) is 2.68. The summed E-state index contributed by atoms with van der Waals surface area (Å²) in [4.78, 5) is 30.1. The highest BCUT2D eigenvalue weighted by molar-refractivity contribution is 5.78. The summed E-state index contributed by atoms with van der Waals surface area (Å²) in [6.45, 7) is 6.25. The minimum Gasteiger partial charge on any atom is -0.354 e. The largest absolute Gasteiger partial charge is 0.354 e. The van der Waals surface area contributed by atoms with Crippen LogP contribution in [-0.2, 0) is 4.79 Å². The predicted octanol–water partition coefficient (Wildman–Crippen LogP) is 1.84. The van der Waals surface area contributed by atoms with Gasteiger partial charge in [0.05, 0.1) is 6.54 Å². The number of fused-ring (bicyclic) bond motifs is 1. The van der Waals surface area contributed by atoms with Crippen LogP contribution in [0.3, 0.4) is 0 Å². The summed E-state index contributed by atoms with van der Waals surface area (Å²) in [5.41, 5.74) is 1.49. The number of hydrogen-bond donors (Lipinski definition) is 1. The number of amides is 1. The summed E-state index contributed by atoms with van der Waals surface area (Å²) in [7, 11) is 0. The maximum atomic E-state index is 12.4. The van der Waals surface area contributed by atoms with Gasteiger partial charge in [0.1, 0.15) is 11.3 Å². The van der Waals surface area contributed by atoms with Gasteiger partial charge in [-0.1, -0.05) is 19.8 Å². The molecule has 1 amide bonds. The zero-order valence-corrected chi connectivity index (χ0v) is 16.0. The average molecular weight is 368 g/mol. The summed E-state index contributed by atoms with van der Waals surface area (Å²) >= 11 is 0. The minimum atomic E-state index is 0.168. The second-order valence-corrected chi connectivity index (χ2v) is 7.87. The van der Waals surface area contributed by atoms with Crippen molar-refractivity contribution < 1.29 is 4.79 Å². The molecule has 0 bridgehead atoms. The number of carbonyl (C=O) groups is 1. The van der Waals surface area contributed by atoms with Gasteiger partial charge in [-0.3, -0.25) is 14.7 Å². The van der Waals surface area contributed by atoms with E-state index in [-0.39, 0.29) is 5.91 Å². The Balaban J connectivity index is 1.27. The lowest BCUT2D eigenvalue weighted by atomic mass is 9.87. The third kappa shape index (κ3) is 4.53. The van der Waals surface area contributed by atoms with E-state index in [1.54, 1.807) is 12.4 Å². The number of piperazine rings is 1. The van der Waals surface area contributed by atoms with Crippen LogP contribution in [0.1, 0.15) is 32.6 Å². The van der Waals surface area contributed by atoms with Crippen molar-refractivity contribution in [3.8, 4) is 0 Å². The van der Waals surface area contributed by atoms with E-state index in [2.05, 4.69) is 37.0 Å². The molecule has 2 unspecified atom stereocenters. The highest BCUT2D eigenvalue weighted by Gasteiger charge is 2.23. The lowest BCUT2D eigenvalue weighted by molar-refractivity contribution is -0.123. The van der Waals surface area contributed by atoms with E-state index >= 15 is 0 Å². The van der Waals surface area contributed by atoms with Crippen molar-refractivity contribution in [2.75, 3.05) is 37.6 Å². The van der Waals surface area contributed by atoms with Gasteiger partial charge < -0.3 is 10.2 Å². The molecule has 4 rings (SSSR count). The van der Waals surface area contributed by atoms with Crippen molar-refractivity contribution in [3.63, 3.8) is 0 Å². The summed E-state index contributed by atoms with van der Waals surface area (Å²) in [5, 5.41) is 3.24. The molecule has 2 aromatic rings. The fourth-order valence-electron chi connectivity index (χ4n) is 4.20. The fraction of sp³-hybridized carbons (Fsp3) is 0.600. The Morgan fingerprint density at radius 2 is 1.96 bits per heavy atom. The Morgan fingerprint density at radius 1 is 1.15 bits per heavy atom. The van der Waals surface area contributed by atoms with Crippen molar-refractivity contribution in [1.82, 2.24) is 25.2 Å². The molecule has 1 aliphatic carbocycles. The summed E-state index contributed by atoms with van der Waals surface area (Å²) < 4.78 is 0. The van der Waals surface area contributed by atoms with Crippen LogP contribution in [0.4, 0.5) is 5.82 Å². The monoisotopic (exact) mass is 368 g/mol. The van der Waals surface area contributed by atoms with Crippen LogP contribution in [0.2, 0.25) is 0 Å². The van der Waals surface area contributed by atoms with Gasteiger partial charge in [0, 0.05) is 44.6 Å². The molecule has 7 heteroatoms. The first-order chi connectivity index (χ1) is 13.2. The molecule has 2 aliphatic rings. The quantitative estimate of drug-likeness (QED) is 0.888. The van der Waals surface area contributed by atoms with Crippen molar-refractivity contribution in [3.05, 3.63) is 24.5 Å². The molecule has 0 radical (unpaired) electrons. The highest BCUT2D eigenvalue weighted by Crippen LogP contribution is 2.23. The van der Waals surface area contributed by atoms with Gasteiger partial charge in [0.15, 0.2) is 5.65 Å². The molecule has 1 saturated carbocycles. The predicted molar refractivity (Wildman–Crippen MR) is 106 cm³/mol. The third-order valence-electron chi connectivity index (χ3n) is 5.68. The fourth-order valence-corrected chi connectivity index (χ4v) is 4.20. The Bertz CT molecular complexity index is 789. The van der Waals surface area contributed by atoms with Crippen molar-refractivity contribution >= 4 is 22.9 Å². The lowest BCUT2D eigenvalue weighted by Gasteiger charge is -2.35. The van der Waals surface area contributed by atoms with Gasteiger partial charge in [-0.25, -0.2) is 9.97 Å². The summed E-state index contributed by atoms with van der Waals surface area (Å²) in [6, 6.07) is 4.34. The summed E-state index contributed by atoms with van der Waals surface area (Å²) in [6.07, 6.45) is 8.12. The number of hydrogen-bond acceptors (Lipinski definition) is 6. The normalized spacial score (nSPS) is 24.1. The highest BCUT2D eigenvalue weighted by atomic mass is 16.2. The molecule has 1 saturated heterocycles. The Kier molecular flexibility index (Phi) is 5.48. The van der Waals surface area contributed by atoms with Gasteiger partial charge in [-0.2, -0.15) is 0 Å². The molecule has 2 atom stereocenters. The zero-order chi connectivity index (χ0) is 18.6. The molecule has 1 aliphatic heterocycles. The van der Waals surface area contributed by atoms with Crippen LogP contribution in [0.5, 0.6) is 0 Å². The number of nitrogens with one attached hydrogen (secondary N) is 1. The van der Waals surface area contributed by atoms with E-state index in [1.807, 2.05) is 12.1 Å². The topological polar surface area (TPSA) is 74.2 Å². The first-order valence-electron chi connectivity index (χ1n) is 10.0. The van der Waals surface area contributed by atoms with Crippen LogP contribution < -0.4 is 10.2 Å². The zero-order valence-electron chi connectivity index (χ0n) is 16.0. The number of aromatic nitrogens is 3.